The van der Waals surface area contributed by atoms with E-state index in [0.717, 1.165) is 23.9 Å². The van der Waals surface area contributed by atoms with Crippen molar-refractivity contribution in [2.75, 3.05) is 12.3 Å². The van der Waals surface area contributed by atoms with Crippen molar-refractivity contribution in [3.8, 4) is 0 Å². The van der Waals surface area contributed by atoms with E-state index < -0.39 is 0 Å². The minimum atomic E-state index is -0.0241. The fourth-order valence-electron chi connectivity index (χ4n) is 3.82. The second kappa shape index (κ2) is 4.87. The van der Waals surface area contributed by atoms with Gasteiger partial charge in [0.05, 0.1) is 5.56 Å². The van der Waals surface area contributed by atoms with Crippen LogP contribution in [0.4, 0.5) is 5.69 Å². The summed E-state index contributed by atoms with van der Waals surface area (Å²) in [6.45, 7) is 2.75. The number of rotatable bonds is 3. The van der Waals surface area contributed by atoms with Gasteiger partial charge in [-0.05, 0) is 55.6 Å². The molecule has 0 saturated heterocycles. The van der Waals surface area contributed by atoms with Gasteiger partial charge in [-0.15, -0.1) is 0 Å². The Kier molecular flexibility index (Phi) is 3.21. The zero-order chi connectivity index (χ0) is 13.4. The average molecular weight is 258 g/mol. The van der Waals surface area contributed by atoms with Crippen LogP contribution < -0.4 is 11.1 Å². The highest BCUT2D eigenvalue weighted by atomic mass is 16.1. The molecule has 3 N–H and O–H groups in total. The van der Waals surface area contributed by atoms with Crippen molar-refractivity contribution in [2.24, 2.45) is 17.8 Å². The third-order valence-electron chi connectivity index (χ3n) is 4.98. The molecule has 0 radical (unpaired) electrons. The fourth-order valence-corrected chi connectivity index (χ4v) is 3.82. The summed E-state index contributed by atoms with van der Waals surface area (Å²) in [6.07, 6.45) is 5.44. The fraction of sp³-hybridized carbons (Fsp3) is 0.562. The molecule has 1 aromatic rings. The molecule has 2 saturated carbocycles. The van der Waals surface area contributed by atoms with Gasteiger partial charge in [0, 0.05) is 12.2 Å². The first-order chi connectivity index (χ1) is 9.15. The number of hydrogen-bond donors (Lipinski definition) is 2. The van der Waals surface area contributed by atoms with Crippen LogP contribution >= 0.6 is 0 Å². The number of anilines is 1. The Morgan fingerprint density at radius 1 is 1.37 bits per heavy atom. The molecule has 2 aliphatic rings. The Labute approximate surface area is 114 Å². The van der Waals surface area contributed by atoms with Gasteiger partial charge in [-0.25, -0.2) is 0 Å². The first-order valence-corrected chi connectivity index (χ1v) is 7.28. The molecule has 1 amide bonds. The second-order valence-electron chi connectivity index (χ2n) is 6.18. The Morgan fingerprint density at radius 2 is 2.21 bits per heavy atom. The van der Waals surface area contributed by atoms with Crippen LogP contribution in [0.15, 0.2) is 18.2 Å². The molecule has 0 spiro atoms. The lowest BCUT2D eigenvalue weighted by atomic mass is 9.89. The van der Waals surface area contributed by atoms with E-state index in [-0.39, 0.29) is 5.91 Å². The van der Waals surface area contributed by atoms with Gasteiger partial charge in [0.2, 0.25) is 0 Å². The molecule has 0 heterocycles. The third-order valence-corrected chi connectivity index (χ3v) is 4.98. The van der Waals surface area contributed by atoms with Gasteiger partial charge in [-0.1, -0.05) is 18.6 Å². The molecular weight excluding hydrogens is 236 g/mol. The van der Waals surface area contributed by atoms with Gasteiger partial charge in [0.15, 0.2) is 0 Å². The molecule has 102 valence electrons. The van der Waals surface area contributed by atoms with Crippen LogP contribution in [0.1, 0.15) is 41.6 Å². The maximum absolute atomic E-state index is 12.2. The smallest absolute Gasteiger partial charge is 0.253 e. The SMILES string of the molecule is Cc1cccc(C(=O)NCC2CC3CCC2C3)c1N. The minimum Gasteiger partial charge on any atom is -0.398 e. The first kappa shape index (κ1) is 12.5. The van der Waals surface area contributed by atoms with Gasteiger partial charge in [0.25, 0.3) is 5.91 Å². The Bertz CT molecular complexity index is 498. The number of aryl methyl sites for hydroxylation is 1. The molecule has 3 heteroatoms. The van der Waals surface area contributed by atoms with E-state index in [2.05, 4.69) is 5.32 Å². The van der Waals surface area contributed by atoms with E-state index in [1.807, 2.05) is 19.1 Å². The van der Waals surface area contributed by atoms with Crippen LogP contribution in [-0.4, -0.2) is 12.5 Å². The topological polar surface area (TPSA) is 55.1 Å². The molecule has 2 aliphatic carbocycles. The van der Waals surface area contributed by atoms with Gasteiger partial charge in [-0.3, -0.25) is 4.79 Å². The van der Waals surface area contributed by atoms with Crippen LogP contribution in [-0.2, 0) is 0 Å². The van der Waals surface area contributed by atoms with Gasteiger partial charge < -0.3 is 11.1 Å². The molecule has 0 aromatic heterocycles. The largest absolute Gasteiger partial charge is 0.398 e. The summed E-state index contributed by atoms with van der Waals surface area (Å²) < 4.78 is 0. The number of fused-ring (bicyclic) bond motifs is 2. The van der Waals surface area contributed by atoms with Crippen molar-refractivity contribution in [3.05, 3.63) is 29.3 Å². The number of amides is 1. The maximum Gasteiger partial charge on any atom is 0.253 e. The molecule has 3 unspecified atom stereocenters. The number of nitrogens with one attached hydrogen (secondary N) is 1. The van der Waals surface area contributed by atoms with E-state index >= 15 is 0 Å². The number of nitrogens with two attached hydrogens (primary N) is 1. The van der Waals surface area contributed by atoms with E-state index in [1.165, 1.54) is 25.7 Å². The summed E-state index contributed by atoms with van der Waals surface area (Å²) in [5.74, 6) is 2.44. The monoisotopic (exact) mass is 258 g/mol. The summed E-state index contributed by atoms with van der Waals surface area (Å²) in [5.41, 5.74) is 8.15. The Morgan fingerprint density at radius 3 is 2.89 bits per heavy atom. The van der Waals surface area contributed by atoms with Crippen LogP contribution in [0.25, 0.3) is 0 Å². The lowest BCUT2D eigenvalue weighted by Gasteiger charge is -2.22. The van der Waals surface area contributed by atoms with Crippen LogP contribution in [0.5, 0.6) is 0 Å². The van der Waals surface area contributed by atoms with Crippen molar-refractivity contribution in [1.29, 1.82) is 0 Å². The number of benzene rings is 1. The lowest BCUT2D eigenvalue weighted by molar-refractivity contribution is 0.0942. The van der Waals surface area contributed by atoms with Gasteiger partial charge >= 0.3 is 0 Å². The van der Waals surface area contributed by atoms with Gasteiger partial charge in [-0.2, -0.15) is 0 Å². The van der Waals surface area contributed by atoms with Crippen LogP contribution in [0.3, 0.4) is 0 Å². The van der Waals surface area contributed by atoms with Crippen molar-refractivity contribution in [3.63, 3.8) is 0 Å². The molecule has 3 rings (SSSR count). The highest BCUT2D eigenvalue weighted by molar-refractivity contribution is 5.99. The maximum atomic E-state index is 12.2. The normalized spacial score (nSPS) is 28.6. The van der Waals surface area contributed by atoms with E-state index in [9.17, 15) is 4.79 Å². The van der Waals surface area contributed by atoms with E-state index in [0.29, 0.717) is 17.2 Å². The summed E-state index contributed by atoms with van der Waals surface area (Å²) in [4.78, 5) is 12.2. The molecule has 2 bridgehead atoms. The predicted octanol–water partition coefficient (Wildman–Crippen LogP) is 2.74. The third kappa shape index (κ3) is 2.34. The Hall–Kier alpha value is -1.51. The summed E-state index contributed by atoms with van der Waals surface area (Å²) in [7, 11) is 0. The molecule has 0 aliphatic heterocycles. The van der Waals surface area contributed by atoms with Crippen LogP contribution in [0.2, 0.25) is 0 Å². The predicted molar refractivity (Wildman–Crippen MR) is 76.9 cm³/mol. The van der Waals surface area contributed by atoms with Crippen molar-refractivity contribution in [2.45, 2.75) is 32.6 Å². The standard InChI is InChI=1S/C16H22N2O/c1-10-3-2-4-14(15(10)17)16(19)18-9-13-8-11-5-6-12(13)7-11/h2-4,11-13H,5-9,17H2,1H3,(H,18,19). The van der Waals surface area contributed by atoms with Crippen molar-refractivity contribution < 1.29 is 4.79 Å². The summed E-state index contributed by atoms with van der Waals surface area (Å²) >= 11 is 0. The highest BCUT2D eigenvalue weighted by Gasteiger charge is 2.39. The number of nitrogen functional groups attached to an aromatic ring is 1. The summed E-state index contributed by atoms with van der Waals surface area (Å²) in [5, 5.41) is 3.07. The Balaban J connectivity index is 1.61. The molecule has 2 fully saturated rings. The van der Waals surface area contributed by atoms with E-state index in [1.54, 1.807) is 6.07 Å². The minimum absolute atomic E-state index is 0.0241. The molecular formula is C16H22N2O. The highest BCUT2D eigenvalue weighted by Crippen LogP contribution is 2.47. The zero-order valence-electron chi connectivity index (χ0n) is 11.5. The van der Waals surface area contributed by atoms with Crippen LogP contribution in [0, 0.1) is 24.7 Å². The molecule has 3 atom stereocenters. The number of carbonyl (C=O) groups excluding carboxylic acids is 1. The zero-order valence-corrected chi connectivity index (χ0v) is 11.5. The van der Waals surface area contributed by atoms with Gasteiger partial charge in [0.1, 0.15) is 0 Å². The van der Waals surface area contributed by atoms with E-state index in [4.69, 9.17) is 5.73 Å². The number of hydrogen-bond acceptors (Lipinski definition) is 2. The lowest BCUT2D eigenvalue weighted by Crippen LogP contribution is -2.32. The van der Waals surface area contributed by atoms with Crippen molar-refractivity contribution >= 4 is 11.6 Å². The quantitative estimate of drug-likeness (QED) is 0.819. The summed E-state index contributed by atoms with van der Waals surface area (Å²) in [6, 6.07) is 5.62. The van der Waals surface area contributed by atoms with Crippen molar-refractivity contribution in [1.82, 2.24) is 5.32 Å². The molecule has 1 aromatic carbocycles. The second-order valence-corrected chi connectivity index (χ2v) is 6.18. The molecule has 19 heavy (non-hydrogen) atoms. The molecule has 3 nitrogen and oxygen atoms in total. The number of carbonyl (C=O) groups is 1. The number of para-hydroxylation sites is 1. The average Bonchev–Trinajstić information content (AvgIpc) is 3.01. The first-order valence-electron chi connectivity index (χ1n) is 7.28.